The zero-order chi connectivity index (χ0) is 18.0. The fourth-order valence-electron chi connectivity index (χ4n) is 3.29. The second-order valence-corrected chi connectivity index (χ2v) is 7.98. The molecule has 1 saturated heterocycles. The molecule has 0 aliphatic carbocycles. The quantitative estimate of drug-likeness (QED) is 0.887. The fourth-order valence-corrected chi connectivity index (χ4v) is 4.00. The van der Waals surface area contributed by atoms with Crippen LogP contribution in [-0.2, 0) is 4.79 Å². The minimum absolute atomic E-state index is 0.0505. The van der Waals surface area contributed by atoms with E-state index < -0.39 is 0 Å². The van der Waals surface area contributed by atoms with Gasteiger partial charge in [-0.05, 0) is 38.8 Å². The highest BCUT2D eigenvalue weighted by molar-refractivity contribution is 7.13. The Labute approximate surface area is 153 Å². The van der Waals surface area contributed by atoms with Crippen molar-refractivity contribution in [3.63, 3.8) is 0 Å². The number of thiazole rings is 1. The van der Waals surface area contributed by atoms with Gasteiger partial charge in [0.25, 0.3) is 0 Å². The molecule has 0 spiro atoms. The van der Waals surface area contributed by atoms with Gasteiger partial charge in [0.2, 0.25) is 5.91 Å². The summed E-state index contributed by atoms with van der Waals surface area (Å²) in [5.41, 5.74) is 4.09. The molecule has 5 nitrogen and oxygen atoms in total. The summed E-state index contributed by atoms with van der Waals surface area (Å²) >= 11 is 1.60. The topological polar surface area (TPSA) is 58.1 Å². The summed E-state index contributed by atoms with van der Waals surface area (Å²) in [5.74, 6) is 0.596. The van der Waals surface area contributed by atoms with Crippen molar-refractivity contribution >= 4 is 28.1 Å². The van der Waals surface area contributed by atoms with Gasteiger partial charge < -0.3 is 10.2 Å². The zero-order valence-corrected chi connectivity index (χ0v) is 16.2. The minimum atomic E-state index is 0.0505. The Morgan fingerprint density at radius 2 is 2.08 bits per heavy atom. The molecule has 1 unspecified atom stereocenters. The second-order valence-electron chi connectivity index (χ2n) is 7.12. The molecule has 0 saturated carbocycles. The predicted molar refractivity (Wildman–Crippen MR) is 103 cm³/mol. The molecule has 0 radical (unpaired) electrons. The molecule has 1 aliphatic rings. The number of piperidine rings is 1. The first kappa shape index (κ1) is 17.9. The van der Waals surface area contributed by atoms with Crippen molar-refractivity contribution in [3.8, 4) is 0 Å². The lowest BCUT2D eigenvalue weighted by atomic mass is 9.93. The van der Waals surface area contributed by atoms with Gasteiger partial charge in [-0.15, -0.1) is 11.3 Å². The Bertz CT molecular complexity index is 756. The molecule has 1 atom stereocenters. The van der Waals surface area contributed by atoms with E-state index in [1.807, 2.05) is 44.0 Å². The average Bonchev–Trinajstić information content (AvgIpc) is 2.98. The standard InChI is InChI=1S/C19H26N4OS/c1-12(2)18(24)23-7-5-6-15(10-23)17-9-16(8-13(3)20-17)22-19-21-14(4)11-25-19/h8-9,11-12,15H,5-7,10H2,1-4H3,(H,20,21,22). The van der Waals surface area contributed by atoms with Crippen LogP contribution >= 0.6 is 11.3 Å². The molecule has 134 valence electrons. The van der Waals surface area contributed by atoms with E-state index in [9.17, 15) is 4.79 Å². The van der Waals surface area contributed by atoms with Crippen LogP contribution in [0.4, 0.5) is 10.8 Å². The van der Waals surface area contributed by atoms with Crippen LogP contribution in [0.5, 0.6) is 0 Å². The van der Waals surface area contributed by atoms with E-state index in [4.69, 9.17) is 4.98 Å². The fraction of sp³-hybridized carbons (Fsp3) is 0.526. The molecule has 2 aromatic heterocycles. The number of anilines is 2. The molecule has 0 aromatic carbocycles. The summed E-state index contributed by atoms with van der Waals surface area (Å²) < 4.78 is 0. The van der Waals surface area contributed by atoms with E-state index in [1.165, 1.54) is 0 Å². The van der Waals surface area contributed by atoms with Gasteiger partial charge in [0.05, 0.1) is 5.69 Å². The van der Waals surface area contributed by atoms with E-state index >= 15 is 0 Å². The van der Waals surface area contributed by atoms with Crippen molar-refractivity contribution in [3.05, 3.63) is 34.6 Å². The maximum absolute atomic E-state index is 12.3. The minimum Gasteiger partial charge on any atom is -0.342 e. The number of aryl methyl sites for hydroxylation is 2. The molecule has 6 heteroatoms. The van der Waals surface area contributed by atoms with Crippen molar-refractivity contribution in [2.45, 2.75) is 46.5 Å². The molecule has 3 heterocycles. The zero-order valence-electron chi connectivity index (χ0n) is 15.4. The first-order chi connectivity index (χ1) is 11.9. The van der Waals surface area contributed by atoms with Crippen LogP contribution in [-0.4, -0.2) is 33.9 Å². The Balaban J connectivity index is 1.78. The summed E-state index contributed by atoms with van der Waals surface area (Å²) in [6, 6.07) is 4.15. The van der Waals surface area contributed by atoms with Crippen LogP contribution in [0.2, 0.25) is 0 Å². The molecular weight excluding hydrogens is 332 g/mol. The van der Waals surface area contributed by atoms with Crippen molar-refractivity contribution in [1.82, 2.24) is 14.9 Å². The number of likely N-dealkylation sites (tertiary alicyclic amines) is 1. The molecule has 1 aliphatic heterocycles. The highest BCUT2D eigenvalue weighted by Crippen LogP contribution is 2.30. The number of carbonyl (C=O) groups is 1. The third-order valence-corrected chi connectivity index (χ3v) is 5.36. The van der Waals surface area contributed by atoms with Crippen molar-refractivity contribution in [2.24, 2.45) is 5.92 Å². The maximum Gasteiger partial charge on any atom is 0.225 e. The largest absolute Gasteiger partial charge is 0.342 e. The first-order valence-electron chi connectivity index (χ1n) is 8.89. The lowest BCUT2D eigenvalue weighted by Crippen LogP contribution is -2.41. The lowest BCUT2D eigenvalue weighted by Gasteiger charge is -2.33. The predicted octanol–water partition coefficient (Wildman–Crippen LogP) is 4.26. The summed E-state index contributed by atoms with van der Waals surface area (Å²) in [4.78, 5) is 23.6. The Morgan fingerprint density at radius 1 is 1.28 bits per heavy atom. The second kappa shape index (κ2) is 7.52. The van der Waals surface area contributed by atoms with E-state index in [1.54, 1.807) is 11.3 Å². The molecule has 3 rings (SSSR count). The van der Waals surface area contributed by atoms with Crippen LogP contribution < -0.4 is 5.32 Å². The van der Waals surface area contributed by atoms with E-state index in [0.717, 1.165) is 53.8 Å². The number of rotatable bonds is 4. The lowest BCUT2D eigenvalue weighted by molar-refractivity contribution is -0.135. The molecule has 25 heavy (non-hydrogen) atoms. The van der Waals surface area contributed by atoms with E-state index in [0.29, 0.717) is 5.92 Å². The van der Waals surface area contributed by atoms with Gasteiger partial charge in [-0.25, -0.2) is 4.98 Å². The number of amides is 1. The molecule has 2 aromatic rings. The van der Waals surface area contributed by atoms with Gasteiger partial charge in [0, 0.05) is 47.4 Å². The van der Waals surface area contributed by atoms with Crippen molar-refractivity contribution in [1.29, 1.82) is 0 Å². The van der Waals surface area contributed by atoms with Gasteiger partial charge in [-0.3, -0.25) is 9.78 Å². The monoisotopic (exact) mass is 358 g/mol. The van der Waals surface area contributed by atoms with Gasteiger partial charge >= 0.3 is 0 Å². The van der Waals surface area contributed by atoms with Crippen LogP contribution in [0.1, 0.15) is 49.7 Å². The van der Waals surface area contributed by atoms with E-state index in [2.05, 4.69) is 16.4 Å². The number of pyridine rings is 1. The third-order valence-electron chi connectivity index (χ3n) is 4.49. The number of aromatic nitrogens is 2. The SMILES string of the molecule is Cc1cc(Nc2nc(C)cs2)cc(C2CCCN(C(=O)C(C)C)C2)n1. The molecule has 1 N–H and O–H groups in total. The smallest absolute Gasteiger partial charge is 0.225 e. The molecule has 1 fully saturated rings. The molecular formula is C19H26N4OS. The van der Waals surface area contributed by atoms with Crippen LogP contribution in [0.15, 0.2) is 17.5 Å². The Kier molecular flexibility index (Phi) is 5.37. The highest BCUT2D eigenvalue weighted by atomic mass is 32.1. The van der Waals surface area contributed by atoms with Crippen LogP contribution in [0, 0.1) is 19.8 Å². The number of nitrogens with zero attached hydrogens (tertiary/aromatic N) is 3. The van der Waals surface area contributed by atoms with Gasteiger partial charge in [-0.2, -0.15) is 0 Å². The van der Waals surface area contributed by atoms with Gasteiger partial charge in [0.15, 0.2) is 5.13 Å². The molecule has 1 amide bonds. The maximum atomic E-state index is 12.3. The average molecular weight is 359 g/mol. The van der Waals surface area contributed by atoms with Crippen molar-refractivity contribution in [2.75, 3.05) is 18.4 Å². The number of carbonyl (C=O) groups excluding carboxylic acids is 1. The van der Waals surface area contributed by atoms with Crippen LogP contribution in [0.25, 0.3) is 0 Å². The molecule has 0 bridgehead atoms. The van der Waals surface area contributed by atoms with Gasteiger partial charge in [0.1, 0.15) is 0 Å². The van der Waals surface area contributed by atoms with Crippen molar-refractivity contribution < 1.29 is 4.79 Å². The highest BCUT2D eigenvalue weighted by Gasteiger charge is 2.27. The number of hydrogen-bond acceptors (Lipinski definition) is 5. The Hall–Kier alpha value is -1.95. The third kappa shape index (κ3) is 4.37. The first-order valence-corrected chi connectivity index (χ1v) is 9.77. The normalized spacial score (nSPS) is 17.8. The van der Waals surface area contributed by atoms with E-state index in [-0.39, 0.29) is 11.8 Å². The number of hydrogen-bond donors (Lipinski definition) is 1. The van der Waals surface area contributed by atoms with Crippen LogP contribution in [0.3, 0.4) is 0 Å². The summed E-state index contributed by atoms with van der Waals surface area (Å²) in [7, 11) is 0. The Morgan fingerprint density at radius 3 is 2.76 bits per heavy atom. The van der Waals surface area contributed by atoms with Gasteiger partial charge in [-0.1, -0.05) is 13.8 Å². The summed E-state index contributed by atoms with van der Waals surface area (Å²) in [6.45, 7) is 9.57. The number of nitrogens with one attached hydrogen (secondary N) is 1. The summed E-state index contributed by atoms with van der Waals surface area (Å²) in [5, 5.41) is 6.32. The summed E-state index contributed by atoms with van der Waals surface area (Å²) in [6.07, 6.45) is 2.11.